The van der Waals surface area contributed by atoms with Gasteiger partial charge in [-0.05, 0) is 19.9 Å². The molecule has 0 spiro atoms. The molecular formula is C11H15ClN4O. The van der Waals surface area contributed by atoms with Crippen molar-refractivity contribution in [1.29, 1.82) is 0 Å². The largest absolute Gasteiger partial charge is 0.469 e. The van der Waals surface area contributed by atoms with E-state index in [0.29, 0.717) is 5.02 Å². The van der Waals surface area contributed by atoms with E-state index in [9.17, 15) is 0 Å². The van der Waals surface area contributed by atoms with Gasteiger partial charge >= 0.3 is 0 Å². The standard InChI is InChI=1S/C11H15ClN4O/c1-3-16-11(9(12)5-14-16)10(15-13)8-4-7(2)17-6-8/h4-6,10,15H,3,13H2,1-2H3. The summed E-state index contributed by atoms with van der Waals surface area (Å²) in [5.41, 5.74) is 4.52. The van der Waals surface area contributed by atoms with Crippen LogP contribution in [0.25, 0.3) is 0 Å². The topological polar surface area (TPSA) is 69.0 Å². The first-order valence-corrected chi connectivity index (χ1v) is 5.77. The van der Waals surface area contributed by atoms with Crippen molar-refractivity contribution < 1.29 is 4.42 Å². The molecule has 1 atom stereocenters. The van der Waals surface area contributed by atoms with Gasteiger partial charge in [0.15, 0.2) is 0 Å². The molecule has 0 aliphatic heterocycles. The van der Waals surface area contributed by atoms with Crippen LogP contribution in [0.2, 0.25) is 5.02 Å². The van der Waals surface area contributed by atoms with Crippen LogP contribution in [0.4, 0.5) is 0 Å². The number of halogens is 1. The summed E-state index contributed by atoms with van der Waals surface area (Å²) in [6.07, 6.45) is 3.29. The Labute approximate surface area is 105 Å². The van der Waals surface area contributed by atoms with E-state index < -0.39 is 0 Å². The van der Waals surface area contributed by atoms with Gasteiger partial charge in [-0.3, -0.25) is 10.5 Å². The first-order chi connectivity index (χ1) is 8.17. The molecule has 2 heterocycles. The third kappa shape index (κ3) is 2.22. The Morgan fingerprint density at radius 3 is 2.94 bits per heavy atom. The summed E-state index contributed by atoms with van der Waals surface area (Å²) in [5, 5.41) is 4.79. The Kier molecular flexibility index (Phi) is 3.51. The fourth-order valence-corrected chi connectivity index (χ4v) is 2.11. The molecule has 2 aromatic rings. The summed E-state index contributed by atoms with van der Waals surface area (Å²) in [6.45, 7) is 4.62. The van der Waals surface area contributed by atoms with Gasteiger partial charge < -0.3 is 4.42 Å². The maximum Gasteiger partial charge on any atom is 0.101 e. The molecule has 3 N–H and O–H groups in total. The molecule has 0 fully saturated rings. The summed E-state index contributed by atoms with van der Waals surface area (Å²) in [6, 6.07) is 1.70. The Bertz CT molecular complexity index is 505. The zero-order valence-electron chi connectivity index (χ0n) is 9.77. The highest BCUT2D eigenvalue weighted by Crippen LogP contribution is 2.28. The van der Waals surface area contributed by atoms with Crippen molar-refractivity contribution in [2.75, 3.05) is 0 Å². The van der Waals surface area contributed by atoms with Gasteiger partial charge in [0, 0.05) is 12.1 Å². The number of hydrazine groups is 1. The molecule has 0 saturated carbocycles. The normalized spacial score (nSPS) is 12.9. The van der Waals surface area contributed by atoms with Crippen LogP contribution in [0.1, 0.15) is 30.0 Å². The van der Waals surface area contributed by atoms with E-state index in [4.69, 9.17) is 21.9 Å². The Balaban J connectivity index is 2.44. The fraction of sp³-hybridized carbons (Fsp3) is 0.364. The third-order valence-corrected chi connectivity index (χ3v) is 2.95. The zero-order valence-corrected chi connectivity index (χ0v) is 10.5. The van der Waals surface area contributed by atoms with Crippen molar-refractivity contribution in [1.82, 2.24) is 15.2 Å². The highest BCUT2D eigenvalue weighted by atomic mass is 35.5. The fourth-order valence-electron chi connectivity index (χ4n) is 1.86. The molecule has 0 aliphatic carbocycles. The molecule has 0 aromatic carbocycles. The molecule has 0 amide bonds. The van der Waals surface area contributed by atoms with Crippen molar-refractivity contribution in [3.8, 4) is 0 Å². The van der Waals surface area contributed by atoms with Crippen LogP contribution >= 0.6 is 11.6 Å². The van der Waals surface area contributed by atoms with Crippen LogP contribution in [0, 0.1) is 6.92 Å². The maximum absolute atomic E-state index is 6.14. The summed E-state index contributed by atoms with van der Waals surface area (Å²) in [5.74, 6) is 6.44. The quantitative estimate of drug-likeness (QED) is 0.647. The van der Waals surface area contributed by atoms with Gasteiger partial charge in [0.25, 0.3) is 0 Å². The number of aromatic nitrogens is 2. The number of hydrogen-bond donors (Lipinski definition) is 2. The van der Waals surface area contributed by atoms with Crippen LogP contribution in [0.3, 0.4) is 0 Å². The van der Waals surface area contributed by atoms with Crippen LogP contribution in [-0.4, -0.2) is 9.78 Å². The second kappa shape index (κ2) is 4.91. The Hall–Kier alpha value is -1.30. The lowest BCUT2D eigenvalue weighted by molar-refractivity contribution is 0.514. The lowest BCUT2D eigenvalue weighted by Crippen LogP contribution is -2.30. The molecule has 0 aliphatic rings. The van der Waals surface area contributed by atoms with Crippen molar-refractivity contribution in [3.63, 3.8) is 0 Å². The van der Waals surface area contributed by atoms with Gasteiger partial charge in [-0.15, -0.1) is 0 Å². The van der Waals surface area contributed by atoms with E-state index in [2.05, 4.69) is 10.5 Å². The Morgan fingerprint density at radius 2 is 2.41 bits per heavy atom. The summed E-state index contributed by atoms with van der Waals surface area (Å²) in [4.78, 5) is 0. The Morgan fingerprint density at radius 1 is 1.65 bits per heavy atom. The van der Waals surface area contributed by atoms with Gasteiger partial charge in [0.1, 0.15) is 5.76 Å². The number of hydrogen-bond acceptors (Lipinski definition) is 4. The molecule has 6 heteroatoms. The lowest BCUT2D eigenvalue weighted by atomic mass is 10.1. The minimum atomic E-state index is -0.220. The molecule has 2 rings (SSSR count). The number of furan rings is 1. The number of nitrogens with one attached hydrogen (secondary N) is 1. The molecule has 0 radical (unpaired) electrons. The van der Waals surface area contributed by atoms with Gasteiger partial charge in [-0.25, -0.2) is 5.43 Å². The number of aryl methyl sites for hydroxylation is 2. The van der Waals surface area contributed by atoms with Crippen LogP contribution < -0.4 is 11.3 Å². The van der Waals surface area contributed by atoms with E-state index in [1.54, 1.807) is 12.5 Å². The van der Waals surface area contributed by atoms with Gasteiger partial charge in [0.2, 0.25) is 0 Å². The molecular weight excluding hydrogens is 240 g/mol. The molecule has 17 heavy (non-hydrogen) atoms. The average Bonchev–Trinajstić information content (AvgIpc) is 2.89. The highest BCUT2D eigenvalue weighted by Gasteiger charge is 2.22. The molecule has 0 saturated heterocycles. The van der Waals surface area contributed by atoms with Crippen molar-refractivity contribution in [3.05, 3.63) is 40.6 Å². The van der Waals surface area contributed by atoms with Crippen LogP contribution in [0.15, 0.2) is 22.9 Å². The molecule has 5 nitrogen and oxygen atoms in total. The predicted octanol–water partition coefficient (Wildman–Crippen LogP) is 2.01. The van der Waals surface area contributed by atoms with E-state index in [-0.39, 0.29) is 6.04 Å². The maximum atomic E-state index is 6.14. The second-order valence-electron chi connectivity index (χ2n) is 3.78. The molecule has 2 aromatic heterocycles. The third-order valence-electron chi connectivity index (χ3n) is 2.66. The SMILES string of the molecule is CCn1ncc(Cl)c1C(NN)c1coc(C)c1. The van der Waals surface area contributed by atoms with E-state index in [1.807, 2.05) is 24.6 Å². The number of nitrogens with zero attached hydrogens (tertiary/aromatic N) is 2. The molecule has 1 unspecified atom stereocenters. The van der Waals surface area contributed by atoms with Gasteiger partial charge in [-0.2, -0.15) is 5.10 Å². The van der Waals surface area contributed by atoms with E-state index in [0.717, 1.165) is 23.6 Å². The molecule has 92 valence electrons. The van der Waals surface area contributed by atoms with Crippen molar-refractivity contribution >= 4 is 11.6 Å². The summed E-state index contributed by atoms with van der Waals surface area (Å²) in [7, 11) is 0. The van der Waals surface area contributed by atoms with Gasteiger partial charge in [-0.1, -0.05) is 11.6 Å². The lowest BCUT2D eigenvalue weighted by Gasteiger charge is -2.16. The minimum absolute atomic E-state index is 0.220. The van der Waals surface area contributed by atoms with E-state index in [1.165, 1.54) is 0 Å². The number of nitrogens with two attached hydrogens (primary N) is 1. The monoisotopic (exact) mass is 254 g/mol. The first kappa shape index (κ1) is 12.2. The zero-order chi connectivity index (χ0) is 12.4. The highest BCUT2D eigenvalue weighted by molar-refractivity contribution is 6.31. The molecule has 0 bridgehead atoms. The van der Waals surface area contributed by atoms with Crippen LogP contribution in [0.5, 0.6) is 0 Å². The predicted molar refractivity (Wildman–Crippen MR) is 65.5 cm³/mol. The van der Waals surface area contributed by atoms with E-state index >= 15 is 0 Å². The van der Waals surface area contributed by atoms with Crippen molar-refractivity contribution in [2.24, 2.45) is 5.84 Å². The smallest absolute Gasteiger partial charge is 0.101 e. The average molecular weight is 255 g/mol. The van der Waals surface area contributed by atoms with Gasteiger partial charge in [0.05, 0.1) is 29.2 Å². The summed E-state index contributed by atoms with van der Waals surface area (Å²) < 4.78 is 7.11. The van der Waals surface area contributed by atoms with Crippen LogP contribution in [-0.2, 0) is 6.54 Å². The van der Waals surface area contributed by atoms with Crippen molar-refractivity contribution in [2.45, 2.75) is 26.4 Å². The minimum Gasteiger partial charge on any atom is -0.469 e. The second-order valence-corrected chi connectivity index (χ2v) is 4.19. The summed E-state index contributed by atoms with van der Waals surface area (Å²) >= 11 is 6.14. The number of rotatable bonds is 4. The first-order valence-electron chi connectivity index (χ1n) is 5.39.